The molecule has 4 heterocycles. The van der Waals surface area contributed by atoms with Crippen LogP contribution in [0.5, 0.6) is 5.75 Å². The van der Waals surface area contributed by atoms with Crippen LogP contribution in [-0.2, 0) is 21.5 Å². The van der Waals surface area contributed by atoms with E-state index in [0.29, 0.717) is 35.5 Å². The van der Waals surface area contributed by atoms with Gasteiger partial charge in [0.2, 0.25) is 0 Å². The number of benzene rings is 2. The fraction of sp³-hybridized carbons (Fsp3) is 0.659. The summed E-state index contributed by atoms with van der Waals surface area (Å²) < 4.78 is 23.6. The Morgan fingerprint density at radius 2 is 1.86 bits per heavy atom. The van der Waals surface area contributed by atoms with Gasteiger partial charge in [-0.25, -0.2) is 4.21 Å². The Hall–Kier alpha value is -2.26. The summed E-state index contributed by atoms with van der Waals surface area (Å²) in [6.07, 6.45) is 11.7. The molecule has 50 heavy (non-hydrogen) atoms. The Morgan fingerprint density at radius 3 is 2.62 bits per heavy atom. The fourth-order valence-corrected chi connectivity index (χ4v) is 12.5. The van der Waals surface area contributed by atoms with Gasteiger partial charge >= 0.3 is 0 Å². The zero-order valence-corrected chi connectivity index (χ0v) is 32.0. The molecule has 9 heteroatoms. The molecule has 4 aliphatic heterocycles. The van der Waals surface area contributed by atoms with Gasteiger partial charge < -0.3 is 9.64 Å². The van der Waals surface area contributed by atoms with Crippen LogP contribution in [0.25, 0.3) is 0 Å². The molecule has 1 amide bonds. The Kier molecular flexibility index (Phi) is 9.26. The normalized spacial score (nSPS) is 36.0. The van der Waals surface area contributed by atoms with Gasteiger partial charge in [0, 0.05) is 59.5 Å². The van der Waals surface area contributed by atoms with Gasteiger partial charge in [0.05, 0.1) is 22.0 Å². The van der Waals surface area contributed by atoms with Crippen LogP contribution in [0.2, 0.25) is 5.02 Å². The van der Waals surface area contributed by atoms with Gasteiger partial charge in [-0.1, -0.05) is 31.0 Å². The zero-order chi connectivity index (χ0) is 34.8. The largest absolute Gasteiger partial charge is 0.490 e. The van der Waals surface area contributed by atoms with E-state index in [1.807, 2.05) is 31.2 Å². The van der Waals surface area contributed by atoms with Gasteiger partial charge in [0.15, 0.2) is 0 Å². The van der Waals surface area contributed by atoms with E-state index < -0.39 is 9.71 Å². The van der Waals surface area contributed by atoms with Gasteiger partial charge in [-0.05, 0) is 149 Å². The van der Waals surface area contributed by atoms with Gasteiger partial charge in [-0.15, -0.1) is 0 Å². The van der Waals surface area contributed by atoms with Crippen LogP contribution in [0, 0.1) is 23.7 Å². The van der Waals surface area contributed by atoms with Crippen molar-refractivity contribution < 1.29 is 13.7 Å². The third-order valence-electron chi connectivity index (χ3n) is 14.2. The second kappa shape index (κ2) is 13.3. The number of ether oxygens (including phenoxy) is 1. The van der Waals surface area contributed by atoms with E-state index in [4.69, 9.17) is 16.3 Å². The van der Waals surface area contributed by atoms with Gasteiger partial charge in [0.25, 0.3) is 5.91 Å². The molecule has 1 N–H and O–H groups in total. The first-order valence-electron chi connectivity index (χ1n) is 19.4. The number of halogens is 1. The topological polar surface area (TPSA) is 65.1 Å². The Balaban J connectivity index is 1.14. The number of carbonyl (C=O) groups is 1. The van der Waals surface area contributed by atoms with Crippen molar-refractivity contribution in [1.82, 2.24) is 14.5 Å². The molecule has 2 aromatic carbocycles. The lowest BCUT2D eigenvalue weighted by atomic mass is 9.64. The molecule has 7 nitrogen and oxygen atoms in total. The monoisotopic (exact) mass is 720 g/mol. The maximum absolute atomic E-state index is 14.0. The van der Waals surface area contributed by atoms with Crippen molar-refractivity contribution in [3.63, 3.8) is 0 Å². The number of likely N-dealkylation sites (tertiary alicyclic amines) is 2. The summed E-state index contributed by atoms with van der Waals surface area (Å²) >= 11 is 6.51. The SMILES string of the molecule is C=S1(=O)NC(=O)c2ccc3c(c2)N(C[C@@H]2CC[C@H]2[C@H](CN2CC4(CCCN4C)C2)CCC[C@H](C)[C@H]1C)C[C@@]1(CCCc2cc(Cl)ccc21)CO3. The van der Waals surface area contributed by atoms with Crippen molar-refractivity contribution in [3.8, 4) is 5.75 Å². The number of anilines is 1. The van der Waals surface area contributed by atoms with Crippen LogP contribution in [0.3, 0.4) is 0 Å². The Bertz CT molecular complexity index is 1730. The van der Waals surface area contributed by atoms with E-state index in [9.17, 15) is 9.00 Å². The summed E-state index contributed by atoms with van der Waals surface area (Å²) in [7, 11) is -0.535. The summed E-state index contributed by atoms with van der Waals surface area (Å²) in [5.74, 6) is 6.74. The minimum Gasteiger partial charge on any atom is -0.490 e. The molecule has 2 aromatic rings. The van der Waals surface area contributed by atoms with E-state index >= 15 is 0 Å². The molecule has 2 spiro atoms. The molecule has 272 valence electrons. The molecule has 1 unspecified atom stereocenters. The zero-order valence-electron chi connectivity index (χ0n) is 30.4. The van der Waals surface area contributed by atoms with Crippen molar-refractivity contribution in [1.29, 1.82) is 0 Å². The number of nitrogens with zero attached hydrogens (tertiary/aromatic N) is 3. The number of amides is 1. The molecule has 3 fully saturated rings. The highest BCUT2D eigenvalue weighted by atomic mass is 35.5. The molecular formula is C41H57ClN4O3S. The number of carbonyl (C=O) groups excluding carboxylic acids is 1. The first-order chi connectivity index (χ1) is 24.0. The Morgan fingerprint density at radius 1 is 1.02 bits per heavy atom. The minimum absolute atomic E-state index is 0.161. The molecule has 2 bridgehead atoms. The first-order valence-corrected chi connectivity index (χ1v) is 21.5. The van der Waals surface area contributed by atoms with E-state index in [1.165, 1.54) is 69.4 Å². The molecular weight excluding hydrogens is 664 g/mol. The Labute approximate surface area is 305 Å². The molecule has 2 aliphatic carbocycles. The quantitative estimate of drug-likeness (QED) is 0.345. The third kappa shape index (κ3) is 6.28. The summed E-state index contributed by atoms with van der Waals surface area (Å²) in [4.78, 5) is 21.7. The smallest absolute Gasteiger partial charge is 0.262 e. The predicted octanol–water partition coefficient (Wildman–Crippen LogP) is 6.81. The standard InChI is InChI=1S/C41H57ClN4O3S/c1-28-8-5-9-32(22-45-25-41(26-45)18-7-19-44(41)3)35-14-11-33(35)23-46-24-40(17-6-10-30-20-34(42)13-15-36(30)40)27-49-38-16-12-31(21-37(38)46)39(47)43-50(4,48)29(28)2/h12-13,15-16,20-21,28-29,32-33,35H,4-11,14,17-19,22-27H2,1-3H3,(H,43,47,48)/t28-,29+,32-,33-,35-,40-,50?/m0/s1. The van der Waals surface area contributed by atoms with E-state index in [0.717, 1.165) is 61.7 Å². The predicted molar refractivity (Wildman–Crippen MR) is 206 cm³/mol. The van der Waals surface area contributed by atoms with Gasteiger partial charge in [-0.2, -0.15) is 0 Å². The van der Waals surface area contributed by atoms with Crippen molar-refractivity contribution in [3.05, 3.63) is 58.1 Å². The molecule has 1 saturated carbocycles. The highest BCUT2D eigenvalue weighted by Gasteiger charge is 2.50. The van der Waals surface area contributed by atoms with Crippen LogP contribution >= 0.6 is 11.6 Å². The summed E-state index contributed by atoms with van der Waals surface area (Å²) in [6.45, 7) is 11.4. The molecule has 8 rings (SSSR count). The lowest BCUT2D eigenvalue weighted by Gasteiger charge is -2.54. The number of rotatable bonds is 2. The molecule has 7 atom stereocenters. The van der Waals surface area contributed by atoms with E-state index in [1.54, 1.807) is 0 Å². The highest BCUT2D eigenvalue weighted by molar-refractivity contribution is 7.99. The van der Waals surface area contributed by atoms with Crippen LogP contribution in [0.4, 0.5) is 5.69 Å². The number of likely N-dealkylation sites (N-methyl/N-ethyl adjacent to an activating group) is 1. The van der Waals surface area contributed by atoms with Crippen molar-refractivity contribution >= 4 is 38.8 Å². The number of hydrogen-bond acceptors (Lipinski definition) is 6. The summed E-state index contributed by atoms with van der Waals surface area (Å²) in [5.41, 5.74) is 4.43. The molecule has 6 aliphatic rings. The second-order valence-electron chi connectivity index (χ2n) is 17.2. The number of fused-ring (bicyclic) bond motifs is 4. The van der Waals surface area contributed by atoms with Gasteiger partial charge in [0.1, 0.15) is 5.75 Å². The summed E-state index contributed by atoms with van der Waals surface area (Å²) in [6, 6.07) is 12.2. The van der Waals surface area contributed by atoms with Crippen LogP contribution in [0.1, 0.15) is 93.1 Å². The lowest BCUT2D eigenvalue weighted by Crippen LogP contribution is -2.67. The van der Waals surface area contributed by atoms with Gasteiger partial charge in [-0.3, -0.25) is 19.3 Å². The van der Waals surface area contributed by atoms with Crippen molar-refractivity contribution in [2.45, 2.75) is 94.3 Å². The van der Waals surface area contributed by atoms with Crippen LogP contribution in [0.15, 0.2) is 36.4 Å². The number of nitrogens with one attached hydrogen (secondary N) is 1. The van der Waals surface area contributed by atoms with Crippen molar-refractivity contribution in [2.75, 3.05) is 57.8 Å². The molecule has 0 radical (unpaired) electrons. The average Bonchev–Trinajstić information content (AvgIpc) is 3.37. The maximum Gasteiger partial charge on any atom is 0.262 e. The van der Waals surface area contributed by atoms with E-state index in [2.05, 4.69) is 51.4 Å². The third-order valence-corrected chi connectivity index (χ3v) is 16.6. The minimum atomic E-state index is -2.86. The second-order valence-corrected chi connectivity index (χ2v) is 20.1. The maximum atomic E-state index is 14.0. The average molecular weight is 721 g/mol. The van der Waals surface area contributed by atoms with Crippen LogP contribution in [-0.4, -0.2) is 89.5 Å². The lowest BCUT2D eigenvalue weighted by molar-refractivity contribution is -0.0413. The fourth-order valence-electron chi connectivity index (χ4n) is 10.8. The van der Waals surface area contributed by atoms with Crippen molar-refractivity contribution in [2.24, 2.45) is 23.7 Å². The number of aryl methyl sites for hydroxylation is 1. The molecule has 0 aromatic heterocycles. The van der Waals surface area contributed by atoms with E-state index in [-0.39, 0.29) is 22.5 Å². The molecule has 2 saturated heterocycles. The number of hydrogen-bond donors (Lipinski definition) is 1. The summed E-state index contributed by atoms with van der Waals surface area (Å²) in [5, 5.41) is 0.573. The van der Waals surface area contributed by atoms with Crippen LogP contribution < -0.4 is 14.4 Å². The highest BCUT2D eigenvalue weighted by Crippen LogP contribution is 2.49. The first kappa shape index (κ1) is 34.8.